The van der Waals surface area contributed by atoms with E-state index in [0.717, 1.165) is 23.4 Å². The molecule has 3 aromatic rings. The first kappa shape index (κ1) is 19.4. The minimum atomic E-state index is -0.478. The normalized spacial score (nSPS) is 17.7. The summed E-state index contributed by atoms with van der Waals surface area (Å²) in [4.78, 5) is 25.4. The van der Waals surface area contributed by atoms with Crippen LogP contribution < -0.4 is 15.5 Å². The standard InChI is InChI=1S/C23H22N4O3/c1-16-14-21(24-17-8-3-2-4-9-17)20-12-5-6-13-22(20)26(16)23(28)25-18-10-7-11-19(15-18)27(29)30/h2-13,15-16,21,24H,14H2,1H3,(H,25,28)/t16-,21-/m1/s1. The first-order valence-electron chi connectivity index (χ1n) is 9.78. The van der Waals surface area contributed by atoms with Crippen LogP contribution >= 0.6 is 0 Å². The molecule has 0 saturated heterocycles. The summed E-state index contributed by atoms with van der Waals surface area (Å²) in [6.45, 7) is 2.00. The summed E-state index contributed by atoms with van der Waals surface area (Å²) in [7, 11) is 0. The summed E-state index contributed by atoms with van der Waals surface area (Å²) in [5.74, 6) is 0. The maximum absolute atomic E-state index is 13.1. The van der Waals surface area contributed by atoms with E-state index in [1.165, 1.54) is 12.1 Å². The Hall–Kier alpha value is -3.87. The molecule has 1 aliphatic rings. The Morgan fingerprint density at radius 3 is 2.47 bits per heavy atom. The summed E-state index contributed by atoms with van der Waals surface area (Å²) in [5.41, 5.74) is 3.22. The third kappa shape index (κ3) is 3.96. The van der Waals surface area contributed by atoms with Gasteiger partial charge in [-0.2, -0.15) is 0 Å². The Balaban J connectivity index is 1.60. The van der Waals surface area contributed by atoms with Gasteiger partial charge in [0, 0.05) is 29.5 Å². The van der Waals surface area contributed by atoms with Gasteiger partial charge in [-0.05, 0) is 43.2 Å². The van der Waals surface area contributed by atoms with Crippen LogP contribution in [-0.4, -0.2) is 17.0 Å². The molecule has 3 aromatic carbocycles. The molecule has 0 aliphatic carbocycles. The average molecular weight is 402 g/mol. The minimum Gasteiger partial charge on any atom is -0.378 e. The van der Waals surface area contributed by atoms with Crippen LogP contribution in [-0.2, 0) is 0 Å². The number of carbonyl (C=O) groups is 1. The van der Waals surface area contributed by atoms with Gasteiger partial charge in [0.05, 0.1) is 16.7 Å². The van der Waals surface area contributed by atoms with Gasteiger partial charge in [0.2, 0.25) is 0 Å². The summed E-state index contributed by atoms with van der Waals surface area (Å²) in [5, 5.41) is 17.4. The largest absolute Gasteiger partial charge is 0.378 e. The van der Waals surface area contributed by atoms with E-state index in [9.17, 15) is 14.9 Å². The minimum absolute atomic E-state index is 0.0629. The van der Waals surface area contributed by atoms with Gasteiger partial charge in [0.1, 0.15) is 0 Å². The third-order valence-electron chi connectivity index (χ3n) is 5.23. The number of fused-ring (bicyclic) bond motifs is 1. The van der Waals surface area contributed by atoms with Crippen molar-refractivity contribution in [2.45, 2.75) is 25.4 Å². The number of amides is 2. The van der Waals surface area contributed by atoms with Crippen LogP contribution in [0.5, 0.6) is 0 Å². The first-order valence-corrected chi connectivity index (χ1v) is 9.78. The summed E-state index contributed by atoms with van der Waals surface area (Å²) in [6.07, 6.45) is 0.730. The van der Waals surface area contributed by atoms with Gasteiger partial charge in [0.15, 0.2) is 0 Å². The molecule has 1 aliphatic heterocycles. The Labute approximate surface area is 174 Å². The summed E-state index contributed by atoms with van der Waals surface area (Å²) < 4.78 is 0. The van der Waals surface area contributed by atoms with Crippen molar-refractivity contribution < 1.29 is 9.72 Å². The van der Waals surface area contributed by atoms with Crippen molar-refractivity contribution in [1.29, 1.82) is 0 Å². The van der Waals surface area contributed by atoms with Crippen LogP contribution in [0.2, 0.25) is 0 Å². The molecular weight excluding hydrogens is 380 g/mol. The van der Waals surface area contributed by atoms with E-state index in [1.807, 2.05) is 61.5 Å². The summed E-state index contributed by atoms with van der Waals surface area (Å²) in [6, 6.07) is 23.5. The van der Waals surface area contributed by atoms with E-state index >= 15 is 0 Å². The number of nitro benzene ring substituents is 1. The number of nitrogens with zero attached hydrogens (tertiary/aromatic N) is 2. The molecule has 4 rings (SSSR count). The number of rotatable bonds is 4. The Kier molecular flexibility index (Phi) is 5.34. The van der Waals surface area contributed by atoms with Crippen LogP contribution in [0.1, 0.15) is 24.9 Å². The van der Waals surface area contributed by atoms with Gasteiger partial charge in [-0.3, -0.25) is 15.0 Å². The van der Waals surface area contributed by atoms with Gasteiger partial charge >= 0.3 is 6.03 Å². The van der Waals surface area contributed by atoms with Crippen molar-refractivity contribution >= 4 is 28.8 Å². The van der Waals surface area contributed by atoms with E-state index < -0.39 is 4.92 Å². The topological polar surface area (TPSA) is 87.5 Å². The molecule has 0 unspecified atom stereocenters. The molecule has 30 heavy (non-hydrogen) atoms. The van der Waals surface area contributed by atoms with E-state index in [1.54, 1.807) is 17.0 Å². The van der Waals surface area contributed by atoms with Crippen molar-refractivity contribution in [3.05, 3.63) is 94.5 Å². The smallest absolute Gasteiger partial charge is 0.326 e. The molecule has 2 atom stereocenters. The lowest BCUT2D eigenvalue weighted by Crippen LogP contribution is -2.46. The van der Waals surface area contributed by atoms with E-state index in [0.29, 0.717) is 5.69 Å². The second kappa shape index (κ2) is 8.24. The number of hydrogen-bond acceptors (Lipinski definition) is 4. The number of hydrogen-bond donors (Lipinski definition) is 2. The number of non-ortho nitro benzene ring substituents is 1. The molecule has 152 valence electrons. The maximum Gasteiger partial charge on any atom is 0.326 e. The number of para-hydroxylation sites is 2. The van der Waals surface area contributed by atoms with Crippen molar-refractivity contribution in [3.63, 3.8) is 0 Å². The van der Waals surface area contributed by atoms with E-state index in [4.69, 9.17) is 0 Å². The molecule has 0 fully saturated rings. The van der Waals surface area contributed by atoms with Gasteiger partial charge < -0.3 is 10.6 Å². The number of carbonyl (C=O) groups excluding carboxylic acids is 1. The lowest BCUT2D eigenvalue weighted by molar-refractivity contribution is -0.384. The SMILES string of the molecule is C[C@@H]1C[C@@H](Nc2ccccc2)c2ccccc2N1C(=O)Nc1cccc([N+](=O)[O-])c1. The lowest BCUT2D eigenvalue weighted by Gasteiger charge is -2.39. The van der Waals surface area contributed by atoms with Crippen LogP contribution in [0.3, 0.4) is 0 Å². The number of urea groups is 1. The van der Waals surface area contributed by atoms with Crippen LogP contribution in [0.4, 0.5) is 27.5 Å². The molecule has 0 aromatic heterocycles. The number of anilines is 3. The second-order valence-electron chi connectivity index (χ2n) is 7.31. The number of nitro groups is 1. The molecular formula is C23H22N4O3. The van der Waals surface area contributed by atoms with E-state index in [-0.39, 0.29) is 23.8 Å². The van der Waals surface area contributed by atoms with Crippen molar-refractivity contribution in [1.82, 2.24) is 0 Å². The molecule has 2 N–H and O–H groups in total. The second-order valence-corrected chi connectivity index (χ2v) is 7.31. The van der Waals surface area contributed by atoms with Crippen LogP contribution in [0.25, 0.3) is 0 Å². The van der Waals surface area contributed by atoms with Gasteiger partial charge in [-0.1, -0.05) is 42.5 Å². The van der Waals surface area contributed by atoms with Crippen molar-refractivity contribution in [2.24, 2.45) is 0 Å². The van der Waals surface area contributed by atoms with Gasteiger partial charge in [0.25, 0.3) is 5.69 Å². The zero-order chi connectivity index (χ0) is 21.1. The van der Waals surface area contributed by atoms with Gasteiger partial charge in [-0.15, -0.1) is 0 Å². The zero-order valence-electron chi connectivity index (χ0n) is 16.5. The lowest BCUT2D eigenvalue weighted by atomic mass is 9.91. The van der Waals surface area contributed by atoms with Crippen LogP contribution in [0, 0.1) is 10.1 Å². The fourth-order valence-electron chi connectivity index (χ4n) is 3.88. The Bertz CT molecular complexity index is 1070. The van der Waals surface area contributed by atoms with Crippen LogP contribution in [0.15, 0.2) is 78.9 Å². The molecule has 0 radical (unpaired) electrons. The Morgan fingerprint density at radius 1 is 1.00 bits per heavy atom. The molecule has 2 amide bonds. The number of benzene rings is 3. The molecule has 0 bridgehead atoms. The highest BCUT2D eigenvalue weighted by atomic mass is 16.6. The highest BCUT2D eigenvalue weighted by Gasteiger charge is 2.33. The third-order valence-corrected chi connectivity index (χ3v) is 5.23. The highest BCUT2D eigenvalue weighted by molar-refractivity contribution is 6.03. The van der Waals surface area contributed by atoms with E-state index in [2.05, 4.69) is 10.6 Å². The molecule has 0 spiro atoms. The number of nitrogens with one attached hydrogen (secondary N) is 2. The molecule has 1 heterocycles. The van der Waals surface area contributed by atoms with Gasteiger partial charge in [-0.25, -0.2) is 4.79 Å². The quantitative estimate of drug-likeness (QED) is 0.441. The molecule has 0 saturated carbocycles. The maximum atomic E-state index is 13.1. The highest BCUT2D eigenvalue weighted by Crippen LogP contribution is 2.39. The Morgan fingerprint density at radius 2 is 1.70 bits per heavy atom. The zero-order valence-corrected chi connectivity index (χ0v) is 16.5. The average Bonchev–Trinajstić information content (AvgIpc) is 2.74. The summed E-state index contributed by atoms with van der Waals surface area (Å²) >= 11 is 0. The fourth-order valence-corrected chi connectivity index (χ4v) is 3.88. The molecule has 7 nitrogen and oxygen atoms in total. The fraction of sp³-hybridized carbons (Fsp3) is 0.174. The monoisotopic (exact) mass is 402 g/mol. The van der Waals surface area contributed by atoms with Crippen molar-refractivity contribution in [2.75, 3.05) is 15.5 Å². The molecule has 7 heteroatoms. The predicted octanol–water partition coefficient (Wildman–Crippen LogP) is 5.58. The predicted molar refractivity (Wildman–Crippen MR) is 118 cm³/mol. The van der Waals surface area contributed by atoms with Crippen molar-refractivity contribution in [3.8, 4) is 0 Å². The first-order chi connectivity index (χ1) is 14.5.